The van der Waals surface area contributed by atoms with Crippen molar-refractivity contribution in [3.63, 3.8) is 0 Å². The van der Waals surface area contributed by atoms with E-state index < -0.39 is 0 Å². The number of rotatable bonds is 4. The summed E-state index contributed by atoms with van der Waals surface area (Å²) in [5, 5.41) is 2.82. The predicted octanol–water partition coefficient (Wildman–Crippen LogP) is 3.74. The summed E-state index contributed by atoms with van der Waals surface area (Å²) < 4.78 is 5.20. The zero-order chi connectivity index (χ0) is 14.4. The van der Waals surface area contributed by atoms with Gasteiger partial charge in [0.15, 0.2) is 0 Å². The summed E-state index contributed by atoms with van der Waals surface area (Å²) in [4.78, 5) is 12.0. The molecular weight excluding hydrogens is 250 g/mol. The van der Waals surface area contributed by atoms with E-state index in [0.29, 0.717) is 11.4 Å². The molecule has 2 aromatic rings. The molecule has 0 spiro atoms. The normalized spacial score (nSPS) is 11.0. The van der Waals surface area contributed by atoms with Crippen LogP contribution in [0.3, 0.4) is 0 Å². The number of allylic oxidation sites excluding steroid dienone is 1. The number of hydrogen-bond donors (Lipinski definition) is 1. The van der Waals surface area contributed by atoms with Crippen molar-refractivity contribution in [2.24, 2.45) is 0 Å². The lowest BCUT2D eigenvalue weighted by Crippen LogP contribution is -2.09. The van der Waals surface area contributed by atoms with Gasteiger partial charge in [-0.2, -0.15) is 0 Å². The molecule has 0 aromatic heterocycles. The number of methoxy groups -OCH3 is 1. The number of amides is 1. The quantitative estimate of drug-likeness (QED) is 0.857. The molecule has 0 bridgehead atoms. The number of ether oxygens (including phenoxy) is 1. The molecule has 2 rings (SSSR count). The Hall–Kier alpha value is -2.55. The monoisotopic (exact) mass is 267 g/mol. The van der Waals surface area contributed by atoms with Crippen LogP contribution in [-0.4, -0.2) is 13.0 Å². The third kappa shape index (κ3) is 3.48. The second-order valence-electron chi connectivity index (χ2n) is 4.38. The zero-order valence-electron chi connectivity index (χ0n) is 11.6. The summed E-state index contributed by atoms with van der Waals surface area (Å²) in [7, 11) is 1.58. The maximum absolute atomic E-state index is 12.0. The first-order chi connectivity index (χ1) is 9.70. The van der Waals surface area contributed by atoms with E-state index in [2.05, 4.69) is 5.32 Å². The molecule has 1 N–H and O–H groups in total. The van der Waals surface area contributed by atoms with Crippen molar-refractivity contribution in [2.45, 2.75) is 6.92 Å². The molecule has 0 radical (unpaired) electrons. The summed E-state index contributed by atoms with van der Waals surface area (Å²) in [5.74, 6) is 0.475. The first kappa shape index (κ1) is 13.9. The van der Waals surface area contributed by atoms with E-state index in [-0.39, 0.29) is 5.91 Å². The third-order valence-electron chi connectivity index (χ3n) is 2.94. The van der Waals surface area contributed by atoms with Gasteiger partial charge in [0.2, 0.25) is 5.91 Å². The Bertz CT molecular complexity index is 618. The summed E-state index contributed by atoms with van der Waals surface area (Å²) >= 11 is 0. The van der Waals surface area contributed by atoms with E-state index >= 15 is 0 Å². The van der Waals surface area contributed by atoms with Crippen LogP contribution in [0.1, 0.15) is 12.5 Å². The average Bonchev–Trinajstić information content (AvgIpc) is 2.48. The highest BCUT2D eigenvalue weighted by Crippen LogP contribution is 2.23. The molecule has 0 heterocycles. The van der Waals surface area contributed by atoms with E-state index in [1.54, 1.807) is 13.2 Å². The smallest absolute Gasteiger partial charge is 0.248 e. The van der Waals surface area contributed by atoms with Crippen LogP contribution >= 0.6 is 0 Å². The van der Waals surface area contributed by atoms with E-state index in [1.165, 1.54) is 0 Å². The first-order valence-corrected chi connectivity index (χ1v) is 6.38. The van der Waals surface area contributed by atoms with Gasteiger partial charge in [-0.1, -0.05) is 42.5 Å². The minimum absolute atomic E-state index is 0.171. The molecule has 0 saturated heterocycles. The molecule has 0 unspecified atom stereocenters. The Labute approximate surface area is 118 Å². The number of hydrogen-bond acceptors (Lipinski definition) is 2. The Morgan fingerprint density at radius 1 is 1.05 bits per heavy atom. The highest BCUT2D eigenvalue weighted by molar-refractivity contribution is 6.04. The van der Waals surface area contributed by atoms with Crippen molar-refractivity contribution in [1.29, 1.82) is 0 Å². The van der Waals surface area contributed by atoms with Gasteiger partial charge in [-0.3, -0.25) is 4.79 Å². The Morgan fingerprint density at radius 2 is 1.70 bits per heavy atom. The van der Waals surface area contributed by atoms with E-state index in [0.717, 1.165) is 11.1 Å². The number of carbonyl (C=O) groups excluding carboxylic acids is 1. The van der Waals surface area contributed by atoms with Crippen molar-refractivity contribution in [3.8, 4) is 5.75 Å². The van der Waals surface area contributed by atoms with Gasteiger partial charge in [0.25, 0.3) is 0 Å². The number of carbonyl (C=O) groups is 1. The Kier molecular flexibility index (Phi) is 4.56. The van der Waals surface area contributed by atoms with E-state index in [1.807, 2.05) is 61.5 Å². The van der Waals surface area contributed by atoms with Crippen molar-refractivity contribution < 1.29 is 9.53 Å². The van der Waals surface area contributed by atoms with Crippen molar-refractivity contribution >= 4 is 17.2 Å². The minimum Gasteiger partial charge on any atom is -0.495 e. The lowest BCUT2D eigenvalue weighted by molar-refractivity contribution is -0.111. The highest BCUT2D eigenvalue weighted by Gasteiger charge is 2.05. The highest BCUT2D eigenvalue weighted by atomic mass is 16.5. The van der Waals surface area contributed by atoms with Gasteiger partial charge in [0, 0.05) is 6.08 Å². The number of para-hydroxylation sites is 2. The summed E-state index contributed by atoms with van der Waals surface area (Å²) in [6.07, 6.45) is 1.59. The fourth-order valence-corrected chi connectivity index (χ4v) is 1.90. The predicted molar refractivity (Wildman–Crippen MR) is 81.7 cm³/mol. The molecule has 0 aliphatic heterocycles. The summed E-state index contributed by atoms with van der Waals surface area (Å²) in [6.45, 7) is 1.91. The Balaban J connectivity index is 2.13. The maximum atomic E-state index is 12.0. The molecule has 102 valence electrons. The van der Waals surface area contributed by atoms with Crippen molar-refractivity contribution in [1.82, 2.24) is 0 Å². The summed E-state index contributed by atoms with van der Waals surface area (Å²) in [6, 6.07) is 17.1. The lowest BCUT2D eigenvalue weighted by atomic mass is 10.1. The van der Waals surface area contributed by atoms with Gasteiger partial charge >= 0.3 is 0 Å². The molecule has 0 atom stereocenters. The topological polar surface area (TPSA) is 38.3 Å². The molecular formula is C17H17NO2. The van der Waals surface area contributed by atoms with Crippen LogP contribution in [0.5, 0.6) is 5.75 Å². The van der Waals surface area contributed by atoms with Gasteiger partial charge in [-0.25, -0.2) is 0 Å². The van der Waals surface area contributed by atoms with Crippen LogP contribution in [-0.2, 0) is 4.79 Å². The second kappa shape index (κ2) is 6.57. The van der Waals surface area contributed by atoms with Crippen LogP contribution in [0.15, 0.2) is 60.7 Å². The fourth-order valence-electron chi connectivity index (χ4n) is 1.90. The molecule has 0 aliphatic rings. The van der Waals surface area contributed by atoms with Gasteiger partial charge in [-0.05, 0) is 30.2 Å². The molecule has 0 fully saturated rings. The third-order valence-corrected chi connectivity index (χ3v) is 2.94. The second-order valence-corrected chi connectivity index (χ2v) is 4.38. The average molecular weight is 267 g/mol. The molecule has 1 amide bonds. The first-order valence-electron chi connectivity index (χ1n) is 6.38. The van der Waals surface area contributed by atoms with Gasteiger partial charge < -0.3 is 10.1 Å². The SMILES string of the molecule is COc1ccccc1NC(=O)/C=C(\C)c1ccccc1. The van der Waals surface area contributed by atoms with E-state index in [9.17, 15) is 4.79 Å². The summed E-state index contributed by atoms with van der Waals surface area (Å²) in [5.41, 5.74) is 2.61. The van der Waals surface area contributed by atoms with Crippen molar-refractivity contribution in [2.75, 3.05) is 12.4 Å². The van der Waals surface area contributed by atoms with Gasteiger partial charge in [0.1, 0.15) is 5.75 Å². The number of nitrogens with one attached hydrogen (secondary N) is 1. The zero-order valence-corrected chi connectivity index (χ0v) is 11.6. The Morgan fingerprint density at radius 3 is 2.40 bits per heavy atom. The molecule has 2 aromatic carbocycles. The largest absolute Gasteiger partial charge is 0.495 e. The van der Waals surface area contributed by atoms with Gasteiger partial charge in [0.05, 0.1) is 12.8 Å². The van der Waals surface area contributed by atoms with Crippen LogP contribution in [0, 0.1) is 0 Å². The molecule has 0 saturated carbocycles. The minimum atomic E-state index is -0.171. The van der Waals surface area contributed by atoms with Crippen molar-refractivity contribution in [3.05, 3.63) is 66.2 Å². The number of anilines is 1. The standard InChI is InChI=1S/C17H17NO2/c1-13(14-8-4-3-5-9-14)12-17(19)18-15-10-6-7-11-16(15)20-2/h3-12H,1-2H3,(H,18,19)/b13-12+. The van der Waals surface area contributed by atoms with E-state index in [4.69, 9.17) is 4.74 Å². The lowest BCUT2D eigenvalue weighted by Gasteiger charge is -2.08. The van der Waals surface area contributed by atoms with Crippen LogP contribution < -0.4 is 10.1 Å². The van der Waals surface area contributed by atoms with Gasteiger partial charge in [-0.15, -0.1) is 0 Å². The molecule has 3 heteroatoms. The van der Waals surface area contributed by atoms with Crippen LogP contribution in [0.4, 0.5) is 5.69 Å². The van der Waals surface area contributed by atoms with Crippen LogP contribution in [0.2, 0.25) is 0 Å². The van der Waals surface area contributed by atoms with Crippen LogP contribution in [0.25, 0.3) is 5.57 Å². The molecule has 3 nitrogen and oxygen atoms in total. The molecule has 0 aliphatic carbocycles. The maximum Gasteiger partial charge on any atom is 0.248 e. The number of benzene rings is 2. The fraction of sp³-hybridized carbons (Fsp3) is 0.118. The molecule has 20 heavy (non-hydrogen) atoms.